The average Bonchev–Trinajstić information content (AvgIpc) is 2.90. The molecule has 0 aliphatic rings. The number of para-hydroxylation sites is 1. The van der Waals surface area contributed by atoms with E-state index in [0.717, 1.165) is 10.9 Å². The van der Waals surface area contributed by atoms with Crippen molar-refractivity contribution in [3.05, 3.63) is 65.9 Å². The third-order valence-corrected chi connectivity index (χ3v) is 3.24. The van der Waals surface area contributed by atoms with Crippen LogP contribution >= 0.6 is 0 Å². The highest BCUT2D eigenvalue weighted by atomic mass is 16.4. The molecule has 0 aliphatic heterocycles. The highest BCUT2D eigenvalue weighted by Crippen LogP contribution is 2.24. The molecule has 1 heterocycles. The molecule has 1 N–H and O–H groups in total. The van der Waals surface area contributed by atoms with Crippen LogP contribution in [0.1, 0.15) is 15.9 Å². The van der Waals surface area contributed by atoms with Crippen molar-refractivity contribution < 1.29 is 9.90 Å². The first-order valence-corrected chi connectivity index (χ1v) is 6.05. The Balaban J connectivity index is 2.33. The summed E-state index contributed by atoms with van der Waals surface area (Å²) in [6.45, 7) is 0. The van der Waals surface area contributed by atoms with Gasteiger partial charge in [-0.2, -0.15) is 5.26 Å². The van der Waals surface area contributed by atoms with Crippen LogP contribution in [0.15, 0.2) is 54.7 Å². The summed E-state index contributed by atoms with van der Waals surface area (Å²) >= 11 is 0. The number of benzene rings is 2. The second kappa shape index (κ2) is 4.56. The monoisotopic (exact) mass is 262 g/mol. The van der Waals surface area contributed by atoms with Crippen molar-refractivity contribution in [2.45, 2.75) is 0 Å². The van der Waals surface area contributed by atoms with Gasteiger partial charge in [0.05, 0.1) is 22.3 Å². The van der Waals surface area contributed by atoms with Gasteiger partial charge in [0, 0.05) is 6.20 Å². The fraction of sp³-hybridized carbons (Fsp3) is 0. The molecule has 0 radical (unpaired) electrons. The van der Waals surface area contributed by atoms with E-state index in [1.165, 1.54) is 6.07 Å². The minimum absolute atomic E-state index is 0.0165. The van der Waals surface area contributed by atoms with Crippen molar-refractivity contribution in [2.24, 2.45) is 0 Å². The maximum Gasteiger partial charge on any atom is 0.337 e. The van der Waals surface area contributed by atoms with Crippen LogP contribution in [0.5, 0.6) is 0 Å². The summed E-state index contributed by atoms with van der Waals surface area (Å²) in [7, 11) is 0. The highest BCUT2D eigenvalue weighted by molar-refractivity contribution is 5.92. The Morgan fingerprint density at radius 1 is 1.10 bits per heavy atom. The van der Waals surface area contributed by atoms with Crippen LogP contribution in [0.25, 0.3) is 16.6 Å². The van der Waals surface area contributed by atoms with Crippen molar-refractivity contribution >= 4 is 16.9 Å². The molecule has 1 aromatic heterocycles. The number of fused-ring (bicyclic) bond motifs is 1. The second-order valence-electron chi connectivity index (χ2n) is 4.36. The number of carboxylic acids is 1. The standard InChI is InChI=1S/C16H10N2O2/c17-10-13-12(16(19)20)5-3-7-15(13)18-9-8-11-4-1-2-6-14(11)18/h1-9H,(H,19,20). The average molecular weight is 262 g/mol. The fourth-order valence-corrected chi connectivity index (χ4v) is 2.33. The largest absolute Gasteiger partial charge is 0.478 e. The molecule has 2 aromatic carbocycles. The zero-order chi connectivity index (χ0) is 14.1. The highest BCUT2D eigenvalue weighted by Gasteiger charge is 2.15. The van der Waals surface area contributed by atoms with Crippen LogP contribution in [0, 0.1) is 11.3 Å². The van der Waals surface area contributed by atoms with Gasteiger partial charge in [-0.05, 0) is 29.7 Å². The van der Waals surface area contributed by atoms with Crippen LogP contribution in [-0.2, 0) is 0 Å². The van der Waals surface area contributed by atoms with Crippen molar-refractivity contribution in [2.75, 3.05) is 0 Å². The summed E-state index contributed by atoms with van der Waals surface area (Å²) in [5, 5.41) is 19.5. The van der Waals surface area contributed by atoms with Crippen LogP contribution in [-0.4, -0.2) is 15.6 Å². The van der Waals surface area contributed by atoms with Gasteiger partial charge in [0.2, 0.25) is 0 Å². The molecule has 4 nitrogen and oxygen atoms in total. The molecular formula is C16H10N2O2. The van der Waals surface area contributed by atoms with E-state index >= 15 is 0 Å². The van der Waals surface area contributed by atoms with Crippen molar-refractivity contribution in [1.29, 1.82) is 5.26 Å². The molecule has 96 valence electrons. The van der Waals surface area contributed by atoms with Crippen LogP contribution in [0.3, 0.4) is 0 Å². The number of hydrogen-bond acceptors (Lipinski definition) is 2. The Kier molecular flexibility index (Phi) is 2.73. The van der Waals surface area contributed by atoms with E-state index in [0.29, 0.717) is 5.69 Å². The topological polar surface area (TPSA) is 66.0 Å². The predicted molar refractivity (Wildman–Crippen MR) is 74.9 cm³/mol. The molecule has 0 saturated heterocycles. The maximum absolute atomic E-state index is 11.2. The molecule has 0 amide bonds. The van der Waals surface area contributed by atoms with Crippen LogP contribution in [0.2, 0.25) is 0 Å². The number of carboxylic acid groups (broad SMARTS) is 1. The summed E-state index contributed by atoms with van der Waals surface area (Å²) in [6, 6.07) is 16.5. The lowest BCUT2D eigenvalue weighted by atomic mass is 10.1. The van der Waals surface area contributed by atoms with E-state index in [1.54, 1.807) is 12.1 Å². The van der Waals surface area contributed by atoms with E-state index < -0.39 is 5.97 Å². The maximum atomic E-state index is 11.2. The van der Waals surface area contributed by atoms with Gasteiger partial charge in [-0.3, -0.25) is 0 Å². The van der Waals surface area contributed by atoms with E-state index in [2.05, 4.69) is 0 Å². The second-order valence-corrected chi connectivity index (χ2v) is 4.36. The van der Waals surface area contributed by atoms with Gasteiger partial charge >= 0.3 is 5.97 Å². The normalized spacial score (nSPS) is 10.3. The lowest BCUT2D eigenvalue weighted by molar-refractivity contribution is 0.0696. The molecule has 0 spiro atoms. The molecule has 0 aliphatic carbocycles. The minimum Gasteiger partial charge on any atom is -0.478 e. The number of rotatable bonds is 2. The summed E-state index contributed by atoms with van der Waals surface area (Å²) in [4.78, 5) is 11.2. The van der Waals surface area contributed by atoms with Gasteiger partial charge in [-0.15, -0.1) is 0 Å². The first-order valence-electron chi connectivity index (χ1n) is 6.05. The van der Waals surface area contributed by atoms with Crippen molar-refractivity contribution in [3.63, 3.8) is 0 Å². The first kappa shape index (κ1) is 12.0. The number of nitrogens with zero attached hydrogens (tertiary/aromatic N) is 2. The van der Waals surface area contributed by atoms with Crippen molar-refractivity contribution in [1.82, 2.24) is 4.57 Å². The number of hydrogen-bond donors (Lipinski definition) is 1. The molecule has 0 atom stereocenters. The van der Waals surface area contributed by atoms with Gasteiger partial charge in [0.25, 0.3) is 0 Å². The molecule has 3 aromatic rings. The molecular weight excluding hydrogens is 252 g/mol. The Morgan fingerprint density at radius 3 is 2.65 bits per heavy atom. The lowest BCUT2D eigenvalue weighted by Gasteiger charge is -2.09. The molecule has 4 heteroatoms. The van der Waals surface area contributed by atoms with Gasteiger partial charge in [0.1, 0.15) is 6.07 Å². The fourth-order valence-electron chi connectivity index (χ4n) is 2.33. The Morgan fingerprint density at radius 2 is 1.90 bits per heavy atom. The van der Waals surface area contributed by atoms with Gasteiger partial charge < -0.3 is 9.67 Å². The van der Waals surface area contributed by atoms with E-state index in [9.17, 15) is 15.2 Å². The predicted octanol–water partition coefficient (Wildman–Crippen LogP) is 3.20. The number of aromatic carboxylic acids is 1. The third-order valence-electron chi connectivity index (χ3n) is 3.24. The minimum atomic E-state index is -1.10. The quantitative estimate of drug-likeness (QED) is 0.771. The van der Waals surface area contributed by atoms with Gasteiger partial charge in [-0.25, -0.2) is 4.79 Å². The molecule has 3 rings (SSSR count). The Labute approximate surface area is 115 Å². The molecule has 0 unspecified atom stereocenters. The third kappa shape index (κ3) is 1.73. The SMILES string of the molecule is N#Cc1c(C(=O)O)cccc1-n1ccc2ccccc21. The molecule has 0 saturated carbocycles. The van der Waals surface area contributed by atoms with E-state index in [1.807, 2.05) is 47.2 Å². The lowest BCUT2D eigenvalue weighted by Crippen LogP contribution is -2.04. The zero-order valence-corrected chi connectivity index (χ0v) is 10.4. The Bertz CT molecular complexity index is 856. The smallest absolute Gasteiger partial charge is 0.337 e. The number of carbonyl (C=O) groups is 1. The molecule has 0 fully saturated rings. The summed E-state index contributed by atoms with van der Waals surface area (Å²) in [5.74, 6) is -1.10. The molecule has 20 heavy (non-hydrogen) atoms. The zero-order valence-electron chi connectivity index (χ0n) is 10.4. The Hall–Kier alpha value is -3.06. The van der Waals surface area contributed by atoms with Crippen LogP contribution < -0.4 is 0 Å². The molecule has 0 bridgehead atoms. The summed E-state index contributed by atoms with van der Waals surface area (Å²) in [6.07, 6.45) is 1.84. The van der Waals surface area contributed by atoms with Crippen molar-refractivity contribution in [3.8, 4) is 11.8 Å². The first-order chi connectivity index (χ1) is 9.72. The van der Waals surface area contributed by atoms with Gasteiger partial charge in [0.15, 0.2) is 0 Å². The van der Waals surface area contributed by atoms with E-state index in [-0.39, 0.29) is 11.1 Å². The summed E-state index contributed by atoms with van der Waals surface area (Å²) < 4.78 is 1.83. The van der Waals surface area contributed by atoms with E-state index in [4.69, 9.17) is 0 Å². The summed E-state index contributed by atoms with van der Waals surface area (Å²) in [5.41, 5.74) is 1.70. The van der Waals surface area contributed by atoms with Crippen LogP contribution in [0.4, 0.5) is 0 Å². The number of nitriles is 1. The number of aromatic nitrogens is 1. The van der Waals surface area contributed by atoms with Gasteiger partial charge in [-0.1, -0.05) is 24.3 Å².